The number of rotatable bonds is 7. The average Bonchev–Trinajstić information content (AvgIpc) is 2.47. The van der Waals surface area contributed by atoms with Gasteiger partial charge in [0.2, 0.25) is 0 Å². The minimum absolute atomic E-state index is 0.237. The molecule has 0 spiro atoms. The summed E-state index contributed by atoms with van der Waals surface area (Å²) in [5.74, 6) is 0.667. The lowest BCUT2D eigenvalue weighted by Gasteiger charge is -2.14. The summed E-state index contributed by atoms with van der Waals surface area (Å²) in [6, 6.07) is 15.4. The first-order valence-corrected chi connectivity index (χ1v) is 7.34. The molecule has 0 aliphatic rings. The molecule has 2 N–H and O–H groups in total. The summed E-state index contributed by atoms with van der Waals surface area (Å²) >= 11 is 5.87. The first kappa shape index (κ1) is 15.8. The van der Waals surface area contributed by atoms with Gasteiger partial charge in [0.25, 0.3) is 0 Å². The Morgan fingerprint density at radius 3 is 2.76 bits per heavy atom. The van der Waals surface area contributed by atoms with E-state index in [4.69, 9.17) is 16.3 Å². The molecule has 0 aliphatic carbocycles. The molecule has 0 radical (unpaired) electrons. The lowest BCUT2D eigenvalue weighted by Crippen LogP contribution is -2.31. The van der Waals surface area contributed by atoms with E-state index in [0.717, 1.165) is 6.54 Å². The van der Waals surface area contributed by atoms with E-state index < -0.39 is 6.10 Å². The fraction of sp³-hybridized carbons (Fsp3) is 0.294. The Morgan fingerprint density at radius 2 is 2.00 bits per heavy atom. The highest BCUT2D eigenvalue weighted by molar-refractivity contribution is 6.30. The molecule has 112 valence electrons. The van der Waals surface area contributed by atoms with Gasteiger partial charge >= 0.3 is 0 Å². The number of aliphatic hydroxyl groups excluding tert-OH is 1. The molecule has 0 amide bonds. The maximum absolute atomic E-state index is 9.91. The highest BCUT2D eigenvalue weighted by atomic mass is 35.5. The number of hydrogen-bond acceptors (Lipinski definition) is 3. The first-order chi connectivity index (χ1) is 10.1. The summed E-state index contributed by atoms with van der Waals surface area (Å²) < 4.78 is 5.50. The first-order valence-electron chi connectivity index (χ1n) is 6.97. The third-order valence-corrected chi connectivity index (χ3v) is 3.43. The summed E-state index contributed by atoms with van der Waals surface area (Å²) in [4.78, 5) is 0. The van der Waals surface area contributed by atoms with E-state index in [0.29, 0.717) is 17.3 Å². The Kier molecular flexibility index (Phi) is 6.05. The highest BCUT2D eigenvalue weighted by Gasteiger charge is 2.06. The highest BCUT2D eigenvalue weighted by Crippen LogP contribution is 2.17. The van der Waals surface area contributed by atoms with Crippen LogP contribution in [-0.2, 0) is 6.54 Å². The van der Waals surface area contributed by atoms with Crippen molar-refractivity contribution in [1.29, 1.82) is 0 Å². The Hall–Kier alpha value is -1.55. The second-order valence-electron chi connectivity index (χ2n) is 4.98. The van der Waals surface area contributed by atoms with Crippen molar-refractivity contribution < 1.29 is 9.84 Å². The van der Waals surface area contributed by atoms with Crippen LogP contribution in [0.1, 0.15) is 11.1 Å². The predicted molar refractivity (Wildman–Crippen MR) is 85.8 cm³/mol. The quantitative estimate of drug-likeness (QED) is 0.825. The monoisotopic (exact) mass is 305 g/mol. The van der Waals surface area contributed by atoms with Crippen molar-refractivity contribution in [3.63, 3.8) is 0 Å². The van der Waals surface area contributed by atoms with Crippen LogP contribution >= 0.6 is 11.6 Å². The largest absolute Gasteiger partial charge is 0.491 e. The van der Waals surface area contributed by atoms with Crippen LogP contribution in [0, 0.1) is 6.92 Å². The lowest BCUT2D eigenvalue weighted by molar-refractivity contribution is 0.106. The maximum atomic E-state index is 9.91. The molecule has 0 bridgehead atoms. The summed E-state index contributed by atoms with van der Waals surface area (Å²) in [6.45, 7) is 3.53. The van der Waals surface area contributed by atoms with Gasteiger partial charge in [0.1, 0.15) is 18.5 Å². The van der Waals surface area contributed by atoms with Crippen LogP contribution in [0.15, 0.2) is 48.5 Å². The number of aryl methyl sites for hydroxylation is 1. The third-order valence-electron chi connectivity index (χ3n) is 3.20. The Bertz CT molecular complexity index is 574. The molecule has 0 heterocycles. The smallest absolute Gasteiger partial charge is 0.120 e. The standard InChI is InChI=1S/C17H20ClNO2/c1-13-5-2-3-6-14(13)10-19-11-16(20)12-21-17-8-4-7-15(18)9-17/h2-9,16,19-20H,10-12H2,1H3. The molecule has 0 aromatic heterocycles. The molecule has 2 aromatic rings. The zero-order valence-corrected chi connectivity index (χ0v) is 12.8. The van der Waals surface area contributed by atoms with E-state index in [1.54, 1.807) is 12.1 Å². The number of ether oxygens (including phenoxy) is 1. The Labute approximate surface area is 130 Å². The van der Waals surface area contributed by atoms with Gasteiger partial charge < -0.3 is 15.2 Å². The molecule has 0 saturated carbocycles. The molecule has 2 rings (SSSR count). The molecule has 2 aromatic carbocycles. The molecule has 0 fully saturated rings. The van der Waals surface area contributed by atoms with E-state index in [2.05, 4.69) is 24.4 Å². The molecule has 21 heavy (non-hydrogen) atoms. The number of hydrogen-bond donors (Lipinski definition) is 2. The van der Waals surface area contributed by atoms with Crippen LogP contribution < -0.4 is 10.1 Å². The topological polar surface area (TPSA) is 41.5 Å². The van der Waals surface area contributed by atoms with Crippen molar-refractivity contribution >= 4 is 11.6 Å². The van der Waals surface area contributed by atoms with Gasteiger partial charge in [0, 0.05) is 18.1 Å². The second kappa shape index (κ2) is 8.03. The van der Waals surface area contributed by atoms with Crippen LogP contribution in [-0.4, -0.2) is 24.4 Å². The maximum Gasteiger partial charge on any atom is 0.120 e. The molecule has 0 saturated heterocycles. The van der Waals surface area contributed by atoms with Gasteiger partial charge in [0.15, 0.2) is 0 Å². The average molecular weight is 306 g/mol. The van der Waals surface area contributed by atoms with E-state index in [1.165, 1.54) is 11.1 Å². The van der Waals surface area contributed by atoms with Gasteiger partial charge in [-0.15, -0.1) is 0 Å². The van der Waals surface area contributed by atoms with Crippen LogP contribution in [0.4, 0.5) is 0 Å². The SMILES string of the molecule is Cc1ccccc1CNCC(O)COc1cccc(Cl)c1. The summed E-state index contributed by atoms with van der Waals surface area (Å²) in [5, 5.41) is 13.8. The summed E-state index contributed by atoms with van der Waals surface area (Å²) in [7, 11) is 0. The molecular formula is C17H20ClNO2. The van der Waals surface area contributed by atoms with E-state index >= 15 is 0 Å². The number of benzene rings is 2. The van der Waals surface area contributed by atoms with Crippen LogP contribution in [0.5, 0.6) is 5.75 Å². The predicted octanol–water partition coefficient (Wildman–Crippen LogP) is 3.18. The third kappa shape index (κ3) is 5.38. The van der Waals surface area contributed by atoms with E-state index in [1.807, 2.05) is 24.3 Å². The number of halogens is 1. The van der Waals surface area contributed by atoms with Gasteiger partial charge in [-0.3, -0.25) is 0 Å². The minimum atomic E-state index is -0.562. The molecule has 4 heteroatoms. The Balaban J connectivity index is 1.70. The van der Waals surface area contributed by atoms with Gasteiger partial charge in [-0.2, -0.15) is 0 Å². The number of aliphatic hydroxyl groups is 1. The van der Waals surface area contributed by atoms with Crippen molar-refractivity contribution in [2.45, 2.75) is 19.6 Å². The minimum Gasteiger partial charge on any atom is -0.491 e. The number of nitrogens with one attached hydrogen (secondary N) is 1. The fourth-order valence-electron chi connectivity index (χ4n) is 1.99. The van der Waals surface area contributed by atoms with E-state index in [9.17, 15) is 5.11 Å². The molecule has 3 nitrogen and oxygen atoms in total. The van der Waals surface area contributed by atoms with Crippen LogP contribution in [0.2, 0.25) is 5.02 Å². The lowest BCUT2D eigenvalue weighted by atomic mass is 10.1. The summed E-state index contributed by atoms with van der Waals surface area (Å²) in [6.07, 6.45) is -0.562. The van der Waals surface area contributed by atoms with Gasteiger partial charge in [0.05, 0.1) is 0 Å². The second-order valence-corrected chi connectivity index (χ2v) is 5.42. The van der Waals surface area contributed by atoms with Crippen molar-refractivity contribution in [1.82, 2.24) is 5.32 Å². The Morgan fingerprint density at radius 1 is 1.19 bits per heavy atom. The zero-order valence-electron chi connectivity index (χ0n) is 12.1. The molecular weight excluding hydrogens is 286 g/mol. The normalized spacial score (nSPS) is 12.1. The molecule has 1 unspecified atom stereocenters. The van der Waals surface area contributed by atoms with Crippen molar-refractivity contribution in [3.05, 3.63) is 64.7 Å². The van der Waals surface area contributed by atoms with E-state index in [-0.39, 0.29) is 6.61 Å². The van der Waals surface area contributed by atoms with Gasteiger partial charge in [-0.05, 0) is 36.2 Å². The van der Waals surface area contributed by atoms with Crippen LogP contribution in [0.3, 0.4) is 0 Å². The molecule has 0 aliphatic heterocycles. The van der Waals surface area contributed by atoms with Gasteiger partial charge in [-0.1, -0.05) is 41.9 Å². The molecule has 1 atom stereocenters. The zero-order chi connectivity index (χ0) is 15.1. The van der Waals surface area contributed by atoms with Crippen molar-refractivity contribution in [2.75, 3.05) is 13.2 Å². The van der Waals surface area contributed by atoms with Gasteiger partial charge in [-0.25, -0.2) is 0 Å². The summed E-state index contributed by atoms with van der Waals surface area (Å²) in [5.41, 5.74) is 2.48. The van der Waals surface area contributed by atoms with Crippen molar-refractivity contribution in [3.8, 4) is 5.75 Å². The van der Waals surface area contributed by atoms with Crippen molar-refractivity contribution in [2.24, 2.45) is 0 Å². The van der Waals surface area contributed by atoms with Crippen LogP contribution in [0.25, 0.3) is 0 Å². The fourth-order valence-corrected chi connectivity index (χ4v) is 2.17.